The molecule has 1 heteroatoms. The molecule has 50 heavy (non-hydrogen) atoms. The lowest BCUT2D eigenvalue weighted by molar-refractivity contribution is 0.490. The standard InChI is InChI=1S/C47H39N.C2H6/c1-3-47(4-2)45-21-12-11-20-43(45)44-31-30-42(33-46(44)47)48(40-26-22-36(23-27-40)34-14-7-5-8-15-34)41-28-24-37(25-29-41)39-19-13-18-38(32-39)35-16-9-6-10-17-35;1-2/h5-33H,3-4H2,1-2H3;1-2H3. The molecule has 0 N–H and O–H groups in total. The van der Waals surface area contributed by atoms with E-state index >= 15 is 0 Å². The SMILES string of the molecule is CC.CCC1(CC)c2ccccc2-c2ccc(N(c3ccc(-c4ccccc4)cc3)c3ccc(-c4cccc(-c5ccccc5)c4)cc3)cc21. The summed E-state index contributed by atoms with van der Waals surface area (Å²) in [6.07, 6.45) is 2.14. The monoisotopic (exact) mass is 647 g/mol. The summed E-state index contributed by atoms with van der Waals surface area (Å²) in [6.45, 7) is 8.68. The van der Waals surface area contributed by atoms with Crippen LogP contribution in [0.2, 0.25) is 0 Å². The number of nitrogens with zero attached hydrogens (tertiary/aromatic N) is 1. The third-order valence-electron chi connectivity index (χ3n) is 10.4. The van der Waals surface area contributed by atoms with Crippen molar-refractivity contribution in [1.82, 2.24) is 0 Å². The Labute approximate surface area is 298 Å². The van der Waals surface area contributed by atoms with Crippen LogP contribution in [-0.4, -0.2) is 0 Å². The zero-order valence-electron chi connectivity index (χ0n) is 29.6. The third-order valence-corrected chi connectivity index (χ3v) is 10.4. The van der Waals surface area contributed by atoms with Crippen LogP contribution in [-0.2, 0) is 5.41 Å². The molecule has 0 aliphatic heterocycles. The molecule has 0 radical (unpaired) electrons. The number of anilines is 3. The number of hydrogen-bond acceptors (Lipinski definition) is 1. The van der Waals surface area contributed by atoms with Crippen LogP contribution in [0.1, 0.15) is 51.7 Å². The molecule has 1 aliphatic rings. The molecule has 1 nitrogen and oxygen atoms in total. The Morgan fingerprint density at radius 2 is 0.780 bits per heavy atom. The van der Waals surface area contributed by atoms with Gasteiger partial charge < -0.3 is 4.90 Å². The quantitative estimate of drug-likeness (QED) is 0.159. The van der Waals surface area contributed by atoms with Crippen molar-refractivity contribution in [2.75, 3.05) is 4.90 Å². The summed E-state index contributed by atoms with van der Waals surface area (Å²) in [5, 5.41) is 0. The lowest BCUT2D eigenvalue weighted by Gasteiger charge is -2.31. The van der Waals surface area contributed by atoms with Crippen molar-refractivity contribution in [2.45, 2.75) is 46.0 Å². The average molecular weight is 648 g/mol. The van der Waals surface area contributed by atoms with Gasteiger partial charge in [0.15, 0.2) is 0 Å². The van der Waals surface area contributed by atoms with E-state index in [9.17, 15) is 0 Å². The van der Waals surface area contributed by atoms with E-state index in [1.165, 1.54) is 61.3 Å². The first-order valence-corrected chi connectivity index (χ1v) is 18.1. The molecule has 0 amide bonds. The molecule has 1 aliphatic carbocycles. The second-order valence-corrected chi connectivity index (χ2v) is 12.8. The maximum Gasteiger partial charge on any atom is 0.0465 e. The molecule has 0 aromatic heterocycles. The summed E-state index contributed by atoms with van der Waals surface area (Å²) in [5.74, 6) is 0. The van der Waals surface area contributed by atoms with Gasteiger partial charge in [0.2, 0.25) is 0 Å². The lowest BCUT2D eigenvalue weighted by atomic mass is 9.74. The topological polar surface area (TPSA) is 3.24 Å². The highest BCUT2D eigenvalue weighted by molar-refractivity contribution is 5.86. The van der Waals surface area contributed by atoms with E-state index < -0.39 is 0 Å². The predicted molar refractivity (Wildman–Crippen MR) is 216 cm³/mol. The maximum absolute atomic E-state index is 2.46. The van der Waals surface area contributed by atoms with E-state index in [1.807, 2.05) is 13.8 Å². The Kier molecular flexibility index (Phi) is 9.49. The molecule has 0 atom stereocenters. The smallest absolute Gasteiger partial charge is 0.0465 e. The average Bonchev–Trinajstić information content (AvgIpc) is 3.49. The fourth-order valence-electron chi connectivity index (χ4n) is 7.79. The van der Waals surface area contributed by atoms with Crippen molar-refractivity contribution in [2.24, 2.45) is 0 Å². The van der Waals surface area contributed by atoms with Gasteiger partial charge in [0.25, 0.3) is 0 Å². The molecule has 0 heterocycles. The van der Waals surface area contributed by atoms with Crippen molar-refractivity contribution in [3.05, 3.63) is 187 Å². The highest BCUT2D eigenvalue weighted by Gasteiger charge is 2.40. The minimum absolute atomic E-state index is 0.0123. The molecular weight excluding hydrogens is 603 g/mol. The van der Waals surface area contributed by atoms with Gasteiger partial charge in [-0.1, -0.05) is 161 Å². The highest BCUT2D eigenvalue weighted by atomic mass is 15.1. The molecule has 0 bridgehead atoms. The minimum Gasteiger partial charge on any atom is -0.310 e. The molecule has 0 unspecified atom stereocenters. The molecular formula is C49H45N. The third kappa shape index (κ3) is 5.94. The van der Waals surface area contributed by atoms with Crippen LogP contribution in [0.15, 0.2) is 176 Å². The Morgan fingerprint density at radius 3 is 1.34 bits per heavy atom. The van der Waals surface area contributed by atoms with Crippen molar-refractivity contribution in [1.29, 1.82) is 0 Å². The Balaban J connectivity index is 0.00000193. The van der Waals surface area contributed by atoms with Crippen molar-refractivity contribution in [3.63, 3.8) is 0 Å². The molecule has 246 valence electrons. The molecule has 7 aromatic carbocycles. The van der Waals surface area contributed by atoms with Crippen LogP contribution < -0.4 is 4.90 Å². The fourth-order valence-corrected chi connectivity index (χ4v) is 7.79. The van der Waals surface area contributed by atoms with E-state index in [0.29, 0.717) is 0 Å². The normalized spacial score (nSPS) is 12.3. The van der Waals surface area contributed by atoms with Crippen molar-refractivity contribution < 1.29 is 0 Å². The Hall–Kier alpha value is -5.66. The number of hydrogen-bond donors (Lipinski definition) is 0. The van der Waals surface area contributed by atoms with Gasteiger partial charge in [0, 0.05) is 22.5 Å². The zero-order chi connectivity index (χ0) is 34.5. The first-order valence-electron chi connectivity index (χ1n) is 18.1. The summed E-state index contributed by atoms with van der Waals surface area (Å²) in [7, 11) is 0. The zero-order valence-corrected chi connectivity index (χ0v) is 29.6. The Morgan fingerprint density at radius 1 is 0.360 bits per heavy atom. The van der Waals surface area contributed by atoms with E-state index in [1.54, 1.807) is 0 Å². The lowest BCUT2D eigenvalue weighted by Crippen LogP contribution is -2.23. The van der Waals surface area contributed by atoms with Gasteiger partial charge in [-0.05, 0) is 111 Å². The van der Waals surface area contributed by atoms with Gasteiger partial charge in [-0.3, -0.25) is 0 Å². The molecule has 0 spiro atoms. The summed E-state index contributed by atoms with van der Waals surface area (Å²) >= 11 is 0. The largest absolute Gasteiger partial charge is 0.310 e. The predicted octanol–water partition coefficient (Wildman–Crippen LogP) is 14.3. The molecule has 0 saturated carbocycles. The highest BCUT2D eigenvalue weighted by Crippen LogP contribution is 2.54. The first kappa shape index (κ1) is 32.9. The van der Waals surface area contributed by atoms with E-state index in [0.717, 1.165) is 24.2 Å². The van der Waals surface area contributed by atoms with Gasteiger partial charge in [-0.2, -0.15) is 0 Å². The van der Waals surface area contributed by atoms with Crippen molar-refractivity contribution >= 4 is 17.1 Å². The van der Waals surface area contributed by atoms with E-state index in [4.69, 9.17) is 0 Å². The van der Waals surface area contributed by atoms with Gasteiger partial charge in [-0.15, -0.1) is 0 Å². The number of rotatable bonds is 8. The van der Waals surface area contributed by atoms with Crippen LogP contribution in [0.4, 0.5) is 17.1 Å². The number of benzene rings is 7. The fraction of sp³-hybridized carbons (Fsp3) is 0.143. The van der Waals surface area contributed by atoms with Gasteiger partial charge >= 0.3 is 0 Å². The maximum atomic E-state index is 2.46. The van der Waals surface area contributed by atoms with Crippen LogP contribution in [0.5, 0.6) is 0 Å². The molecule has 7 aromatic rings. The first-order chi connectivity index (χ1) is 24.7. The summed E-state index contributed by atoms with van der Waals surface area (Å²) in [6, 6.07) is 64.2. The summed E-state index contributed by atoms with van der Waals surface area (Å²) < 4.78 is 0. The van der Waals surface area contributed by atoms with Crippen LogP contribution in [0.3, 0.4) is 0 Å². The van der Waals surface area contributed by atoms with Gasteiger partial charge in [0.1, 0.15) is 0 Å². The molecule has 0 saturated heterocycles. The Bertz CT molecular complexity index is 2170. The van der Waals surface area contributed by atoms with Gasteiger partial charge in [-0.25, -0.2) is 0 Å². The summed E-state index contributed by atoms with van der Waals surface area (Å²) in [4.78, 5) is 2.41. The minimum atomic E-state index is 0.0123. The van der Waals surface area contributed by atoms with E-state index in [2.05, 4.69) is 195 Å². The van der Waals surface area contributed by atoms with Crippen LogP contribution in [0.25, 0.3) is 44.5 Å². The molecule has 0 fully saturated rings. The molecule has 8 rings (SSSR count). The second-order valence-electron chi connectivity index (χ2n) is 12.8. The van der Waals surface area contributed by atoms with Crippen LogP contribution >= 0.6 is 0 Å². The summed E-state index contributed by atoms with van der Waals surface area (Å²) in [5.41, 5.74) is 16.4. The second kappa shape index (κ2) is 14.4. The van der Waals surface area contributed by atoms with E-state index in [-0.39, 0.29) is 5.41 Å². The van der Waals surface area contributed by atoms with Crippen LogP contribution in [0, 0.1) is 0 Å². The number of fused-ring (bicyclic) bond motifs is 3. The van der Waals surface area contributed by atoms with Gasteiger partial charge in [0.05, 0.1) is 0 Å². The van der Waals surface area contributed by atoms with Crippen molar-refractivity contribution in [3.8, 4) is 44.5 Å².